The summed E-state index contributed by atoms with van der Waals surface area (Å²) in [6, 6.07) is 10.0. The van der Waals surface area contributed by atoms with Crippen molar-refractivity contribution in [3.05, 3.63) is 58.7 Å². The number of aromatic carboxylic acids is 2. The minimum absolute atomic E-state index is 0.163. The Morgan fingerprint density at radius 2 is 1.50 bits per heavy atom. The number of rotatable bonds is 3. The molecule has 102 valence electrons. The lowest BCUT2D eigenvalue weighted by Gasteiger charge is -2.13. The van der Waals surface area contributed by atoms with E-state index in [-0.39, 0.29) is 11.1 Å². The van der Waals surface area contributed by atoms with E-state index in [1.807, 2.05) is 0 Å². The lowest BCUT2D eigenvalue weighted by molar-refractivity contribution is 0.0686. The Kier molecular flexibility index (Phi) is 3.57. The fraction of sp³-hybridized carbons (Fsp3) is 0.125. The minimum atomic E-state index is -1.03. The molecule has 0 aliphatic carbocycles. The summed E-state index contributed by atoms with van der Waals surface area (Å²) < 4.78 is 0. The van der Waals surface area contributed by atoms with Crippen LogP contribution < -0.4 is 0 Å². The zero-order chi connectivity index (χ0) is 14.9. The molecule has 0 aliphatic heterocycles. The van der Waals surface area contributed by atoms with Crippen LogP contribution in [0.15, 0.2) is 36.4 Å². The maximum absolute atomic E-state index is 11.3. The molecule has 0 heterocycles. The summed E-state index contributed by atoms with van der Waals surface area (Å²) in [5, 5.41) is 18.5. The third-order valence-electron chi connectivity index (χ3n) is 3.33. The summed E-state index contributed by atoms with van der Waals surface area (Å²) >= 11 is 0. The third kappa shape index (κ3) is 2.28. The first-order valence-corrected chi connectivity index (χ1v) is 6.09. The normalized spacial score (nSPS) is 10.3. The van der Waals surface area contributed by atoms with E-state index in [2.05, 4.69) is 0 Å². The van der Waals surface area contributed by atoms with Crippen LogP contribution in [0.3, 0.4) is 0 Å². The highest BCUT2D eigenvalue weighted by Crippen LogP contribution is 2.30. The van der Waals surface area contributed by atoms with Gasteiger partial charge in [0, 0.05) is 0 Å². The molecule has 0 fully saturated rings. The molecule has 2 aromatic rings. The Morgan fingerprint density at radius 3 is 2.10 bits per heavy atom. The van der Waals surface area contributed by atoms with Crippen molar-refractivity contribution >= 4 is 11.9 Å². The lowest BCUT2D eigenvalue weighted by Crippen LogP contribution is -2.06. The zero-order valence-corrected chi connectivity index (χ0v) is 11.2. The maximum Gasteiger partial charge on any atom is 0.336 e. The van der Waals surface area contributed by atoms with Gasteiger partial charge in [-0.1, -0.05) is 30.3 Å². The second-order valence-electron chi connectivity index (χ2n) is 4.59. The fourth-order valence-electron chi connectivity index (χ4n) is 2.37. The van der Waals surface area contributed by atoms with Crippen LogP contribution in [0.25, 0.3) is 11.1 Å². The molecule has 20 heavy (non-hydrogen) atoms. The van der Waals surface area contributed by atoms with Crippen molar-refractivity contribution in [1.82, 2.24) is 0 Å². The van der Waals surface area contributed by atoms with E-state index in [0.717, 1.165) is 0 Å². The fourth-order valence-corrected chi connectivity index (χ4v) is 2.37. The van der Waals surface area contributed by atoms with E-state index in [0.29, 0.717) is 22.3 Å². The zero-order valence-electron chi connectivity index (χ0n) is 11.2. The molecule has 0 radical (unpaired) electrons. The maximum atomic E-state index is 11.3. The highest BCUT2D eigenvalue weighted by molar-refractivity contribution is 5.99. The molecule has 0 spiro atoms. The second kappa shape index (κ2) is 5.17. The van der Waals surface area contributed by atoms with Crippen molar-refractivity contribution in [3.8, 4) is 11.1 Å². The van der Waals surface area contributed by atoms with Crippen molar-refractivity contribution in [2.24, 2.45) is 0 Å². The minimum Gasteiger partial charge on any atom is -0.478 e. The van der Waals surface area contributed by atoms with Crippen molar-refractivity contribution in [3.63, 3.8) is 0 Å². The third-order valence-corrected chi connectivity index (χ3v) is 3.33. The highest BCUT2D eigenvalue weighted by Gasteiger charge is 2.18. The van der Waals surface area contributed by atoms with Crippen LogP contribution >= 0.6 is 0 Å². The summed E-state index contributed by atoms with van der Waals surface area (Å²) in [5.74, 6) is -2.04. The van der Waals surface area contributed by atoms with Crippen LogP contribution in [0, 0.1) is 13.8 Å². The number of hydrogen-bond donors (Lipinski definition) is 2. The van der Waals surface area contributed by atoms with Crippen molar-refractivity contribution in [1.29, 1.82) is 0 Å². The van der Waals surface area contributed by atoms with Crippen molar-refractivity contribution < 1.29 is 19.8 Å². The Bertz CT molecular complexity index is 702. The van der Waals surface area contributed by atoms with Gasteiger partial charge in [0.15, 0.2) is 0 Å². The van der Waals surface area contributed by atoms with Gasteiger partial charge in [-0.15, -0.1) is 0 Å². The average Bonchev–Trinajstić information content (AvgIpc) is 2.38. The average molecular weight is 270 g/mol. The van der Waals surface area contributed by atoms with Gasteiger partial charge in [0.25, 0.3) is 0 Å². The first kappa shape index (κ1) is 13.8. The quantitative estimate of drug-likeness (QED) is 0.896. The molecule has 0 amide bonds. The van der Waals surface area contributed by atoms with Crippen LogP contribution in [0.2, 0.25) is 0 Å². The molecule has 2 N–H and O–H groups in total. The predicted molar refractivity (Wildman–Crippen MR) is 75.3 cm³/mol. The monoisotopic (exact) mass is 270 g/mol. The first-order chi connectivity index (χ1) is 9.43. The van der Waals surface area contributed by atoms with Crippen LogP contribution in [0.5, 0.6) is 0 Å². The number of aryl methyl sites for hydroxylation is 1. The van der Waals surface area contributed by atoms with E-state index in [1.54, 1.807) is 44.2 Å². The van der Waals surface area contributed by atoms with Gasteiger partial charge in [-0.3, -0.25) is 0 Å². The number of benzene rings is 2. The molecule has 0 saturated carbocycles. The second-order valence-corrected chi connectivity index (χ2v) is 4.59. The topological polar surface area (TPSA) is 74.6 Å². The standard InChI is InChI=1S/C16H14O4/c1-9-7-8-11(10(2)14(9)16(19)20)12-5-3-4-6-13(12)15(17)18/h3-8H,1-2H3,(H,17,18)(H,19,20). The lowest BCUT2D eigenvalue weighted by atomic mass is 9.91. The molecule has 0 aromatic heterocycles. The number of carboxylic acids is 2. The number of hydrogen-bond acceptors (Lipinski definition) is 2. The van der Waals surface area contributed by atoms with E-state index in [1.165, 1.54) is 6.07 Å². The van der Waals surface area contributed by atoms with Gasteiger partial charge in [-0.25, -0.2) is 9.59 Å². The molecular formula is C16H14O4. The smallest absolute Gasteiger partial charge is 0.336 e. The molecule has 4 nitrogen and oxygen atoms in total. The van der Waals surface area contributed by atoms with Gasteiger partial charge in [0.05, 0.1) is 11.1 Å². The molecule has 2 aromatic carbocycles. The van der Waals surface area contributed by atoms with Crippen molar-refractivity contribution in [2.75, 3.05) is 0 Å². The van der Waals surface area contributed by atoms with Crippen molar-refractivity contribution in [2.45, 2.75) is 13.8 Å². The SMILES string of the molecule is Cc1ccc(-c2ccccc2C(=O)O)c(C)c1C(=O)O. The van der Waals surface area contributed by atoms with Crippen LogP contribution in [-0.4, -0.2) is 22.2 Å². The molecule has 0 unspecified atom stereocenters. The Balaban J connectivity index is 2.75. The number of carboxylic acid groups (broad SMARTS) is 2. The van der Waals surface area contributed by atoms with E-state index in [9.17, 15) is 19.8 Å². The molecule has 0 bridgehead atoms. The van der Waals surface area contributed by atoms with Gasteiger partial charge < -0.3 is 10.2 Å². The van der Waals surface area contributed by atoms with E-state index in [4.69, 9.17) is 0 Å². The Labute approximate surface area is 116 Å². The van der Waals surface area contributed by atoms with Gasteiger partial charge in [0.1, 0.15) is 0 Å². The van der Waals surface area contributed by atoms with Crippen LogP contribution in [0.4, 0.5) is 0 Å². The van der Waals surface area contributed by atoms with Gasteiger partial charge in [-0.2, -0.15) is 0 Å². The van der Waals surface area contributed by atoms with E-state index >= 15 is 0 Å². The van der Waals surface area contributed by atoms with Crippen LogP contribution in [-0.2, 0) is 0 Å². The highest BCUT2D eigenvalue weighted by atomic mass is 16.4. The summed E-state index contributed by atoms with van der Waals surface area (Å²) in [4.78, 5) is 22.6. The molecule has 0 saturated heterocycles. The van der Waals surface area contributed by atoms with E-state index < -0.39 is 11.9 Å². The molecule has 0 atom stereocenters. The summed E-state index contributed by atoms with van der Waals surface area (Å²) in [6.45, 7) is 3.42. The molecule has 2 rings (SSSR count). The summed E-state index contributed by atoms with van der Waals surface area (Å²) in [5.41, 5.74) is 2.78. The molecule has 4 heteroatoms. The van der Waals surface area contributed by atoms with Crippen LogP contribution in [0.1, 0.15) is 31.8 Å². The van der Waals surface area contributed by atoms with Gasteiger partial charge >= 0.3 is 11.9 Å². The molecule has 0 aliphatic rings. The Morgan fingerprint density at radius 1 is 0.850 bits per heavy atom. The number of carbonyl (C=O) groups is 2. The summed E-state index contributed by atoms with van der Waals surface area (Å²) in [6.07, 6.45) is 0. The Hall–Kier alpha value is -2.62. The first-order valence-electron chi connectivity index (χ1n) is 6.09. The van der Waals surface area contributed by atoms with Gasteiger partial charge in [0.2, 0.25) is 0 Å². The largest absolute Gasteiger partial charge is 0.478 e. The molecular weight excluding hydrogens is 256 g/mol. The van der Waals surface area contributed by atoms with Gasteiger partial charge in [-0.05, 0) is 42.2 Å². The predicted octanol–water partition coefficient (Wildman–Crippen LogP) is 3.37. The summed E-state index contributed by atoms with van der Waals surface area (Å²) in [7, 11) is 0.